The molecule has 16 rings (SSSR count). The fraction of sp³-hybridized carbons (Fsp3) is 0.162. The van der Waals surface area contributed by atoms with Gasteiger partial charge in [-0.25, -0.2) is 0 Å². The Kier molecular flexibility index (Phi) is 8.72. The molecule has 2 aliphatic carbocycles. The summed E-state index contributed by atoms with van der Waals surface area (Å²) in [5.74, 6) is 0. The molecular weight excluding hydrogens is 931 g/mol. The number of rotatable bonds is 6. The Labute approximate surface area is 451 Å². The molecule has 0 N–H and O–H groups in total. The molecule has 370 valence electrons. The van der Waals surface area contributed by atoms with E-state index in [-0.39, 0.29) is 21.7 Å². The van der Waals surface area contributed by atoms with Crippen LogP contribution in [0.5, 0.6) is 0 Å². The second-order valence-electron chi connectivity index (χ2n) is 24.6. The maximum Gasteiger partial charge on any atom is 0.0583 e. The third-order valence-electron chi connectivity index (χ3n) is 19.0. The topological polar surface area (TPSA) is 11.4 Å². The van der Waals surface area contributed by atoms with Crippen LogP contribution < -0.4 is 9.80 Å². The molecule has 0 bridgehead atoms. The van der Waals surface area contributed by atoms with Crippen molar-refractivity contribution in [1.82, 2.24) is 4.57 Å². The maximum atomic E-state index is 2.68. The highest BCUT2D eigenvalue weighted by Crippen LogP contribution is 2.59. The molecule has 0 saturated carbocycles. The van der Waals surface area contributed by atoms with E-state index in [1.165, 1.54) is 116 Å². The zero-order valence-electron chi connectivity index (χ0n) is 45.0. The molecule has 0 saturated heterocycles. The Morgan fingerprint density at radius 2 is 0.597 bits per heavy atom. The molecule has 3 heteroatoms. The fourth-order valence-electron chi connectivity index (χ4n) is 14.9. The second kappa shape index (κ2) is 15.0. The Balaban J connectivity index is 0.997. The van der Waals surface area contributed by atoms with Crippen LogP contribution in [0.15, 0.2) is 212 Å². The lowest BCUT2D eigenvalue weighted by atomic mass is 9.68. The van der Waals surface area contributed by atoms with Crippen molar-refractivity contribution in [2.45, 2.75) is 77.0 Å². The predicted molar refractivity (Wildman–Crippen MR) is 325 cm³/mol. The summed E-state index contributed by atoms with van der Waals surface area (Å²) < 4.78 is 2.68. The van der Waals surface area contributed by atoms with Gasteiger partial charge in [-0.2, -0.15) is 0 Å². The van der Waals surface area contributed by atoms with E-state index in [0.717, 1.165) is 34.1 Å². The largest absolute Gasteiger partial charge is 0.310 e. The van der Waals surface area contributed by atoms with Gasteiger partial charge in [-0.15, -0.1) is 0 Å². The van der Waals surface area contributed by atoms with E-state index in [0.29, 0.717) is 0 Å². The Morgan fingerprint density at radius 3 is 1.05 bits per heavy atom. The van der Waals surface area contributed by atoms with Gasteiger partial charge in [-0.1, -0.05) is 195 Å². The predicted octanol–water partition coefficient (Wildman–Crippen LogP) is 19.9. The van der Waals surface area contributed by atoms with E-state index >= 15 is 0 Å². The highest BCUT2D eigenvalue weighted by atomic mass is 15.2. The van der Waals surface area contributed by atoms with Gasteiger partial charge in [0, 0.05) is 66.6 Å². The van der Waals surface area contributed by atoms with Crippen molar-refractivity contribution in [2.24, 2.45) is 0 Å². The number of fused-ring (bicyclic) bond motifs is 9. The maximum absolute atomic E-state index is 2.68. The molecule has 0 spiro atoms. The minimum absolute atomic E-state index is 0.159. The van der Waals surface area contributed by atoms with Gasteiger partial charge in [0.15, 0.2) is 0 Å². The van der Waals surface area contributed by atoms with E-state index in [9.17, 15) is 0 Å². The lowest BCUT2D eigenvalue weighted by Gasteiger charge is -2.42. The zero-order chi connectivity index (χ0) is 52.1. The molecular formula is C74H59N3. The molecule has 11 aromatic carbocycles. The highest BCUT2D eigenvalue weighted by Gasteiger charge is 2.45. The lowest BCUT2D eigenvalue weighted by Crippen LogP contribution is -2.33. The highest BCUT2D eigenvalue weighted by molar-refractivity contribution is 6.17. The normalized spacial score (nSPS) is 15.9. The number of anilines is 6. The molecule has 4 aliphatic rings. The Morgan fingerprint density at radius 1 is 0.260 bits per heavy atom. The van der Waals surface area contributed by atoms with Crippen LogP contribution in [0.4, 0.5) is 34.1 Å². The molecule has 3 nitrogen and oxygen atoms in total. The van der Waals surface area contributed by atoms with E-state index in [1.54, 1.807) is 0 Å². The Bertz CT molecular complexity index is 4310. The first kappa shape index (κ1) is 44.6. The lowest BCUT2D eigenvalue weighted by molar-refractivity contribution is 0.593. The number of benzene rings is 11. The third kappa shape index (κ3) is 5.87. The molecule has 0 radical (unpaired) electrons. The van der Waals surface area contributed by atoms with E-state index in [2.05, 4.69) is 282 Å². The van der Waals surface area contributed by atoms with Gasteiger partial charge in [0.2, 0.25) is 0 Å². The second-order valence-corrected chi connectivity index (χ2v) is 24.6. The van der Waals surface area contributed by atoms with Gasteiger partial charge >= 0.3 is 0 Å². The van der Waals surface area contributed by atoms with Gasteiger partial charge in [0.25, 0.3) is 0 Å². The van der Waals surface area contributed by atoms with Crippen molar-refractivity contribution in [1.29, 1.82) is 0 Å². The molecule has 1 aromatic heterocycles. The standard InChI is InChI=1S/C74H59N3/c1-71(2)60-24-15-13-22-54(60)56-34-32-50(40-64(56)71)75(48-30-28-44-18-9-11-20-46(44)36-48)52-38-58-59-39-53(43-67-69(59)77-68(58)66(42-52)73(5,6)62-26-17-27-63(70(62)77)74(67,7)8)76(49-31-29-45-19-10-12-21-47(45)37-49)51-33-35-57-55-23-14-16-25-61(55)72(3,4)65(57)41-51/h9-43H,1-8H3. The van der Waals surface area contributed by atoms with Crippen molar-refractivity contribution in [2.75, 3.05) is 9.80 Å². The Hall–Kier alpha value is -8.66. The van der Waals surface area contributed by atoms with Crippen LogP contribution in [-0.2, 0) is 21.7 Å². The average Bonchev–Trinajstić information content (AvgIpc) is 4.15. The smallest absolute Gasteiger partial charge is 0.0583 e. The molecule has 0 unspecified atom stereocenters. The van der Waals surface area contributed by atoms with Gasteiger partial charge in [-0.05, 0) is 161 Å². The van der Waals surface area contributed by atoms with E-state index in [4.69, 9.17) is 0 Å². The molecule has 12 aromatic rings. The number of aromatic nitrogens is 1. The fourth-order valence-corrected chi connectivity index (χ4v) is 14.9. The van der Waals surface area contributed by atoms with Crippen LogP contribution in [-0.4, -0.2) is 4.57 Å². The summed E-state index contributed by atoms with van der Waals surface area (Å²) >= 11 is 0. The summed E-state index contributed by atoms with van der Waals surface area (Å²) in [5, 5.41) is 7.45. The molecule has 2 aliphatic heterocycles. The van der Waals surface area contributed by atoms with Gasteiger partial charge in [0.1, 0.15) is 0 Å². The molecule has 0 amide bonds. The van der Waals surface area contributed by atoms with Crippen LogP contribution >= 0.6 is 0 Å². The van der Waals surface area contributed by atoms with Crippen molar-refractivity contribution in [3.63, 3.8) is 0 Å². The average molecular weight is 990 g/mol. The van der Waals surface area contributed by atoms with Crippen LogP contribution in [0.25, 0.3) is 71.3 Å². The summed E-state index contributed by atoms with van der Waals surface area (Å²) in [6, 6.07) is 81.3. The minimum atomic E-state index is -0.317. The van der Waals surface area contributed by atoms with E-state index < -0.39 is 0 Å². The quantitative estimate of drug-likeness (QED) is 0.164. The first-order valence-electron chi connectivity index (χ1n) is 27.6. The van der Waals surface area contributed by atoms with Crippen LogP contribution in [0.3, 0.4) is 0 Å². The first-order chi connectivity index (χ1) is 37.2. The monoisotopic (exact) mass is 989 g/mol. The van der Waals surface area contributed by atoms with Crippen molar-refractivity contribution >= 4 is 77.5 Å². The molecule has 0 fully saturated rings. The number of para-hydroxylation sites is 1. The third-order valence-corrected chi connectivity index (χ3v) is 19.0. The first-order valence-corrected chi connectivity index (χ1v) is 27.6. The van der Waals surface area contributed by atoms with Crippen LogP contribution in [0, 0.1) is 0 Å². The van der Waals surface area contributed by atoms with Gasteiger partial charge in [0.05, 0.1) is 16.7 Å². The van der Waals surface area contributed by atoms with Crippen LogP contribution in [0.2, 0.25) is 0 Å². The van der Waals surface area contributed by atoms with Gasteiger partial charge in [-0.3, -0.25) is 0 Å². The molecule has 77 heavy (non-hydrogen) atoms. The number of hydrogen-bond acceptors (Lipinski definition) is 2. The van der Waals surface area contributed by atoms with Crippen LogP contribution in [0.1, 0.15) is 99.9 Å². The van der Waals surface area contributed by atoms with Crippen molar-refractivity contribution in [3.8, 4) is 27.9 Å². The number of hydrogen-bond donors (Lipinski definition) is 0. The SMILES string of the molecule is CC1(C)c2ccccc2-c2ccc(N(c3ccc4ccccc4c3)c3cc4c5c(c3)c3cc(N(c6ccc7c(c6)C(C)(C)c6ccccc6-7)c6ccc7ccccc7c6)cc6c3n5-c3c(cccc3C6(C)C)C4(C)C)cc21. The number of nitrogens with zero attached hydrogens (tertiary/aromatic N) is 3. The molecule has 3 heterocycles. The van der Waals surface area contributed by atoms with Gasteiger partial charge < -0.3 is 14.4 Å². The summed E-state index contributed by atoms with van der Waals surface area (Å²) in [6.07, 6.45) is 0. The summed E-state index contributed by atoms with van der Waals surface area (Å²) in [4.78, 5) is 5.10. The van der Waals surface area contributed by atoms with Crippen molar-refractivity contribution in [3.05, 3.63) is 257 Å². The summed E-state index contributed by atoms with van der Waals surface area (Å²) in [7, 11) is 0. The minimum Gasteiger partial charge on any atom is -0.310 e. The summed E-state index contributed by atoms with van der Waals surface area (Å²) in [5.41, 5.74) is 26.1. The molecule has 0 atom stereocenters. The van der Waals surface area contributed by atoms with Crippen molar-refractivity contribution < 1.29 is 0 Å². The zero-order valence-corrected chi connectivity index (χ0v) is 45.0. The summed E-state index contributed by atoms with van der Waals surface area (Å²) in [6.45, 7) is 19.4. The van der Waals surface area contributed by atoms with E-state index in [1.807, 2.05) is 0 Å².